The van der Waals surface area contributed by atoms with Gasteiger partial charge >= 0.3 is 0 Å². The molecule has 1 amide bonds. The quantitative estimate of drug-likeness (QED) is 0.474. The van der Waals surface area contributed by atoms with E-state index in [-0.39, 0.29) is 29.6 Å². The van der Waals surface area contributed by atoms with Crippen molar-refractivity contribution in [2.24, 2.45) is 0 Å². The zero-order valence-electron chi connectivity index (χ0n) is 15.3. The molecule has 0 aliphatic rings. The summed E-state index contributed by atoms with van der Waals surface area (Å²) >= 11 is 5.87. The Labute approximate surface area is 174 Å². The number of carbonyl (C=O) groups excluding carboxylic acids is 1. The molecular weight excluding hydrogens is 416 g/mol. The average molecular weight is 430 g/mol. The molecule has 152 valence electrons. The lowest BCUT2D eigenvalue weighted by Crippen LogP contribution is -2.28. The Balaban J connectivity index is 1.41. The number of amides is 1. The number of benzene rings is 2. The third kappa shape index (κ3) is 4.20. The summed E-state index contributed by atoms with van der Waals surface area (Å²) in [6.45, 7) is 0.297. The summed E-state index contributed by atoms with van der Waals surface area (Å²) in [4.78, 5) is 12.1. The Hall–Kier alpha value is -3.59. The summed E-state index contributed by atoms with van der Waals surface area (Å²) in [5.74, 6) is -0.718. The van der Waals surface area contributed by atoms with Gasteiger partial charge in [0.2, 0.25) is 5.88 Å². The minimum atomic E-state index is -0.520. The lowest BCUT2D eigenvalue weighted by molar-refractivity contribution is 0.0946. The Morgan fingerprint density at radius 2 is 1.90 bits per heavy atom. The van der Waals surface area contributed by atoms with Crippen molar-refractivity contribution in [1.29, 1.82) is 0 Å². The number of halogens is 3. The summed E-state index contributed by atoms with van der Waals surface area (Å²) in [7, 11) is 0. The van der Waals surface area contributed by atoms with E-state index in [9.17, 15) is 13.6 Å². The van der Waals surface area contributed by atoms with E-state index in [4.69, 9.17) is 16.3 Å². The minimum absolute atomic E-state index is 0.0259. The number of rotatable bonds is 6. The van der Waals surface area contributed by atoms with Crippen LogP contribution in [0.3, 0.4) is 0 Å². The predicted molar refractivity (Wildman–Crippen MR) is 105 cm³/mol. The van der Waals surface area contributed by atoms with Crippen molar-refractivity contribution < 1.29 is 18.3 Å². The number of hydrogen-bond donors (Lipinski definition) is 1. The third-order valence-electron chi connectivity index (χ3n) is 4.13. The van der Waals surface area contributed by atoms with Gasteiger partial charge in [0.1, 0.15) is 18.2 Å². The minimum Gasteiger partial charge on any atom is -0.475 e. The molecule has 0 atom stereocenters. The van der Waals surface area contributed by atoms with Crippen molar-refractivity contribution >= 4 is 23.2 Å². The first kappa shape index (κ1) is 19.7. The van der Waals surface area contributed by atoms with Crippen LogP contribution in [0.15, 0.2) is 54.6 Å². The molecule has 4 rings (SSSR count). The van der Waals surface area contributed by atoms with Crippen LogP contribution in [0.2, 0.25) is 5.02 Å². The largest absolute Gasteiger partial charge is 0.475 e. The highest BCUT2D eigenvalue weighted by Crippen LogP contribution is 2.20. The van der Waals surface area contributed by atoms with Crippen LogP contribution in [0, 0.1) is 11.6 Å². The molecule has 0 spiro atoms. The monoisotopic (exact) mass is 429 g/mol. The summed E-state index contributed by atoms with van der Waals surface area (Å²) < 4.78 is 33.6. The van der Waals surface area contributed by atoms with Gasteiger partial charge in [0.05, 0.1) is 17.1 Å². The molecule has 30 heavy (non-hydrogen) atoms. The average Bonchev–Trinajstić information content (AvgIpc) is 3.14. The van der Waals surface area contributed by atoms with E-state index in [1.54, 1.807) is 24.3 Å². The second-order valence-electron chi connectivity index (χ2n) is 6.20. The van der Waals surface area contributed by atoms with Gasteiger partial charge in [-0.25, -0.2) is 8.78 Å². The molecule has 0 saturated heterocycles. The molecule has 0 fully saturated rings. The second-order valence-corrected chi connectivity index (χ2v) is 6.61. The van der Waals surface area contributed by atoms with Gasteiger partial charge in [0, 0.05) is 11.6 Å². The summed E-state index contributed by atoms with van der Waals surface area (Å²) in [6, 6.07) is 12.8. The standard InChI is InChI=1S/C20H14ClF2N5O2/c21-16-11-14(23)4-5-15(16)20(29)24-8-9-30-18-7-6-17-25-26-19(28(17)27-18)12-2-1-3-13(22)10-12/h1-7,10-11H,8-9H2,(H,24,29). The molecular formula is C20H14ClF2N5O2. The van der Waals surface area contributed by atoms with Gasteiger partial charge in [-0.3, -0.25) is 4.79 Å². The molecule has 1 N–H and O–H groups in total. The van der Waals surface area contributed by atoms with Crippen LogP contribution >= 0.6 is 11.6 Å². The number of hydrogen-bond acceptors (Lipinski definition) is 5. The van der Waals surface area contributed by atoms with Crippen molar-refractivity contribution in [2.75, 3.05) is 13.2 Å². The highest BCUT2D eigenvalue weighted by Gasteiger charge is 2.12. The Morgan fingerprint density at radius 1 is 1.07 bits per heavy atom. The van der Waals surface area contributed by atoms with E-state index < -0.39 is 17.5 Å². The molecule has 0 saturated carbocycles. The van der Waals surface area contributed by atoms with Crippen molar-refractivity contribution in [3.63, 3.8) is 0 Å². The van der Waals surface area contributed by atoms with Crippen molar-refractivity contribution in [1.82, 2.24) is 25.1 Å². The summed E-state index contributed by atoms with van der Waals surface area (Å²) in [5, 5.41) is 15.0. The highest BCUT2D eigenvalue weighted by atomic mass is 35.5. The fourth-order valence-corrected chi connectivity index (χ4v) is 3.00. The third-order valence-corrected chi connectivity index (χ3v) is 4.45. The fraction of sp³-hybridized carbons (Fsp3) is 0.100. The Kier molecular flexibility index (Phi) is 5.53. The number of nitrogens with zero attached hydrogens (tertiary/aromatic N) is 4. The maximum Gasteiger partial charge on any atom is 0.252 e. The van der Waals surface area contributed by atoms with Crippen LogP contribution in [-0.2, 0) is 0 Å². The number of aromatic nitrogens is 4. The zero-order valence-corrected chi connectivity index (χ0v) is 16.1. The second kappa shape index (κ2) is 8.42. The molecule has 10 heteroatoms. The molecule has 2 aromatic carbocycles. The number of nitrogens with one attached hydrogen (secondary N) is 1. The van der Waals surface area contributed by atoms with Crippen molar-refractivity contribution in [2.45, 2.75) is 0 Å². The molecule has 0 radical (unpaired) electrons. The first-order valence-electron chi connectivity index (χ1n) is 8.86. The van der Waals surface area contributed by atoms with Crippen LogP contribution in [0.1, 0.15) is 10.4 Å². The molecule has 7 nitrogen and oxygen atoms in total. The predicted octanol–water partition coefficient (Wildman–Crippen LogP) is 3.53. The van der Waals surface area contributed by atoms with Gasteiger partial charge in [-0.15, -0.1) is 15.3 Å². The number of fused-ring (bicyclic) bond motifs is 1. The van der Waals surface area contributed by atoms with Crippen LogP contribution in [0.4, 0.5) is 8.78 Å². The van der Waals surface area contributed by atoms with E-state index in [0.29, 0.717) is 17.0 Å². The maximum absolute atomic E-state index is 13.5. The van der Waals surface area contributed by atoms with Gasteiger partial charge in [-0.05, 0) is 36.4 Å². The molecule has 0 unspecified atom stereocenters. The van der Waals surface area contributed by atoms with E-state index >= 15 is 0 Å². The topological polar surface area (TPSA) is 81.4 Å². The number of carbonyl (C=O) groups is 1. The normalized spacial score (nSPS) is 10.9. The van der Waals surface area contributed by atoms with Gasteiger partial charge in [-0.1, -0.05) is 23.7 Å². The van der Waals surface area contributed by atoms with Crippen LogP contribution in [-0.4, -0.2) is 38.9 Å². The van der Waals surface area contributed by atoms with Gasteiger partial charge in [0.15, 0.2) is 11.5 Å². The molecule has 0 aliphatic carbocycles. The Bertz CT molecular complexity index is 1230. The first-order valence-corrected chi connectivity index (χ1v) is 9.23. The van der Waals surface area contributed by atoms with Crippen LogP contribution < -0.4 is 10.1 Å². The molecule has 0 aliphatic heterocycles. The number of ether oxygens (including phenoxy) is 1. The smallest absolute Gasteiger partial charge is 0.252 e. The van der Waals surface area contributed by atoms with Gasteiger partial charge in [0.25, 0.3) is 5.91 Å². The van der Waals surface area contributed by atoms with E-state index in [1.165, 1.54) is 22.7 Å². The SMILES string of the molecule is O=C(NCCOc1ccc2nnc(-c3cccc(F)c3)n2n1)c1ccc(F)cc1Cl. The highest BCUT2D eigenvalue weighted by molar-refractivity contribution is 6.33. The molecule has 4 aromatic rings. The zero-order chi connectivity index (χ0) is 21.1. The van der Waals surface area contributed by atoms with E-state index in [2.05, 4.69) is 20.6 Å². The van der Waals surface area contributed by atoms with Crippen molar-refractivity contribution in [3.8, 4) is 17.3 Å². The van der Waals surface area contributed by atoms with E-state index in [0.717, 1.165) is 12.1 Å². The summed E-state index contributed by atoms with van der Waals surface area (Å²) in [5.41, 5.74) is 1.17. The molecule has 0 bridgehead atoms. The maximum atomic E-state index is 13.5. The van der Waals surface area contributed by atoms with Crippen LogP contribution in [0.25, 0.3) is 17.0 Å². The van der Waals surface area contributed by atoms with Gasteiger partial charge in [-0.2, -0.15) is 4.52 Å². The van der Waals surface area contributed by atoms with Gasteiger partial charge < -0.3 is 10.1 Å². The van der Waals surface area contributed by atoms with E-state index in [1.807, 2.05) is 0 Å². The molecule has 2 aromatic heterocycles. The lowest BCUT2D eigenvalue weighted by atomic mass is 10.2. The Morgan fingerprint density at radius 3 is 2.70 bits per heavy atom. The lowest BCUT2D eigenvalue weighted by Gasteiger charge is -2.08. The first-order chi connectivity index (χ1) is 14.5. The fourth-order valence-electron chi connectivity index (χ4n) is 2.75. The van der Waals surface area contributed by atoms with Crippen molar-refractivity contribution in [3.05, 3.63) is 76.8 Å². The van der Waals surface area contributed by atoms with Crippen LogP contribution in [0.5, 0.6) is 5.88 Å². The summed E-state index contributed by atoms with van der Waals surface area (Å²) in [6.07, 6.45) is 0. The molecule has 2 heterocycles.